The van der Waals surface area contributed by atoms with Gasteiger partial charge in [0.25, 0.3) is 0 Å². The molecule has 0 spiro atoms. The highest BCUT2D eigenvalue weighted by atomic mass is 35.5. The fraction of sp³-hybridized carbons (Fsp3) is 0.833. The molecule has 0 saturated carbocycles. The number of alkyl halides is 1. The number of carbonyl (C=O) groups is 1. The van der Waals surface area contributed by atoms with Gasteiger partial charge < -0.3 is 9.53 Å². The molecular formula is C6H12ClNO2. The predicted molar refractivity (Wildman–Crippen MR) is 40.2 cm³/mol. The van der Waals surface area contributed by atoms with E-state index in [-0.39, 0.29) is 6.23 Å². The summed E-state index contributed by atoms with van der Waals surface area (Å²) >= 11 is 5.40. The summed E-state index contributed by atoms with van der Waals surface area (Å²) in [6, 6.07) is 0. The first kappa shape index (κ1) is 9.88. The number of methoxy groups -OCH3 is 1. The van der Waals surface area contributed by atoms with E-state index in [1.165, 1.54) is 0 Å². The highest BCUT2D eigenvalue weighted by Gasteiger charge is 2.02. The summed E-state index contributed by atoms with van der Waals surface area (Å²) in [7, 11) is 1.55. The second-order valence-corrected chi connectivity index (χ2v) is 2.15. The van der Waals surface area contributed by atoms with Gasteiger partial charge in [0, 0.05) is 26.0 Å². The number of rotatable bonds is 6. The molecule has 1 N–H and O–H groups in total. The molecule has 0 aliphatic rings. The number of nitrogens with one attached hydrogen (secondary N) is 1. The van der Waals surface area contributed by atoms with Gasteiger partial charge in [-0.1, -0.05) is 0 Å². The SMILES string of the molecule is COC(CC=O)NCCCl. The number of halogens is 1. The Morgan fingerprint density at radius 3 is 2.90 bits per heavy atom. The van der Waals surface area contributed by atoms with E-state index in [1.807, 2.05) is 0 Å². The molecule has 0 aromatic heterocycles. The first-order valence-corrected chi connectivity index (χ1v) is 3.64. The van der Waals surface area contributed by atoms with Gasteiger partial charge in [-0.05, 0) is 0 Å². The Morgan fingerprint density at radius 1 is 1.80 bits per heavy atom. The van der Waals surface area contributed by atoms with Crippen LogP contribution in [-0.4, -0.2) is 32.0 Å². The van der Waals surface area contributed by atoms with Crippen LogP contribution in [0.3, 0.4) is 0 Å². The summed E-state index contributed by atoms with van der Waals surface area (Å²) in [6.45, 7) is 0.661. The third kappa shape index (κ3) is 4.73. The Kier molecular flexibility index (Phi) is 6.91. The first-order chi connectivity index (χ1) is 4.85. The van der Waals surface area contributed by atoms with Crippen molar-refractivity contribution in [1.82, 2.24) is 5.32 Å². The molecule has 60 valence electrons. The van der Waals surface area contributed by atoms with Crippen molar-refractivity contribution in [2.75, 3.05) is 19.5 Å². The summed E-state index contributed by atoms with van der Waals surface area (Å²) < 4.78 is 4.89. The zero-order valence-corrected chi connectivity index (χ0v) is 6.73. The molecule has 0 aromatic carbocycles. The lowest BCUT2D eigenvalue weighted by atomic mass is 10.4. The number of ether oxygens (including phenoxy) is 1. The molecule has 0 saturated heterocycles. The maximum Gasteiger partial charge on any atom is 0.123 e. The highest BCUT2D eigenvalue weighted by Crippen LogP contribution is 1.88. The van der Waals surface area contributed by atoms with E-state index in [0.29, 0.717) is 18.8 Å². The molecule has 10 heavy (non-hydrogen) atoms. The summed E-state index contributed by atoms with van der Waals surface area (Å²) in [5.74, 6) is 0.527. The van der Waals surface area contributed by atoms with Crippen molar-refractivity contribution in [3.63, 3.8) is 0 Å². The van der Waals surface area contributed by atoms with E-state index in [1.54, 1.807) is 7.11 Å². The Labute approximate surface area is 65.7 Å². The van der Waals surface area contributed by atoms with Crippen LogP contribution in [0, 0.1) is 0 Å². The number of aldehydes is 1. The van der Waals surface area contributed by atoms with E-state index >= 15 is 0 Å². The lowest BCUT2D eigenvalue weighted by Crippen LogP contribution is -2.32. The maximum absolute atomic E-state index is 9.98. The molecular weight excluding hydrogens is 154 g/mol. The van der Waals surface area contributed by atoms with Gasteiger partial charge in [-0.2, -0.15) is 0 Å². The first-order valence-electron chi connectivity index (χ1n) is 3.11. The Bertz CT molecular complexity index is 89.8. The molecule has 0 aliphatic heterocycles. The molecule has 0 bridgehead atoms. The largest absolute Gasteiger partial charge is 0.366 e. The zero-order valence-electron chi connectivity index (χ0n) is 5.97. The number of hydrogen-bond acceptors (Lipinski definition) is 3. The van der Waals surface area contributed by atoms with Gasteiger partial charge in [-0.15, -0.1) is 11.6 Å². The Morgan fingerprint density at radius 2 is 2.50 bits per heavy atom. The summed E-state index contributed by atoms with van der Waals surface area (Å²) in [5.41, 5.74) is 0. The monoisotopic (exact) mass is 165 g/mol. The van der Waals surface area contributed by atoms with Crippen molar-refractivity contribution in [3.8, 4) is 0 Å². The summed E-state index contributed by atoms with van der Waals surface area (Å²) in [6.07, 6.45) is 0.999. The molecule has 0 radical (unpaired) electrons. The quantitative estimate of drug-likeness (QED) is 0.351. The van der Waals surface area contributed by atoms with Gasteiger partial charge in [0.2, 0.25) is 0 Å². The standard InChI is InChI=1S/C6H12ClNO2/c1-10-6(2-5-9)8-4-3-7/h5-6,8H,2-4H2,1H3. The molecule has 0 fully saturated rings. The third-order valence-corrected chi connectivity index (χ3v) is 1.25. The lowest BCUT2D eigenvalue weighted by Gasteiger charge is -2.12. The van der Waals surface area contributed by atoms with Crippen LogP contribution < -0.4 is 5.32 Å². The van der Waals surface area contributed by atoms with Crippen LogP contribution in [0.4, 0.5) is 0 Å². The van der Waals surface area contributed by atoms with Crippen LogP contribution >= 0.6 is 11.6 Å². The molecule has 1 unspecified atom stereocenters. The van der Waals surface area contributed by atoms with Crippen LogP contribution in [0.5, 0.6) is 0 Å². The Hall–Kier alpha value is -0.120. The van der Waals surface area contributed by atoms with Crippen molar-refractivity contribution in [2.45, 2.75) is 12.6 Å². The average molecular weight is 166 g/mol. The smallest absolute Gasteiger partial charge is 0.123 e. The molecule has 1 atom stereocenters. The maximum atomic E-state index is 9.98. The van der Waals surface area contributed by atoms with E-state index in [0.717, 1.165) is 6.29 Å². The van der Waals surface area contributed by atoms with Gasteiger partial charge in [0.1, 0.15) is 12.5 Å². The zero-order chi connectivity index (χ0) is 7.82. The van der Waals surface area contributed by atoms with Crippen molar-refractivity contribution in [1.29, 1.82) is 0 Å². The van der Waals surface area contributed by atoms with Gasteiger partial charge in [0.15, 0.2) is 0 Å². The Balaban J connectivity index is 3.29. The van der Waals surface area contributed by atoms with Crippen LogP contribution in [-0.2, 0) is 9.53 Å². The molecule has 3 nitrogen and oxygen atoms in total. The van der Waals surface area contributed by atoms with Crippen LogP contribution in [0.15, 0.2) is 0 Å². The fourth-order valence-electron chi connectivity index (χ4n) is 0.566. The molecule has 0 rings (SSSR count). The van der Waals surface area contributed by atoms with E-state index < -0.39 is 0 Å². The fourth-order valence-corrected chi connectivity index (χ4v) is 0.675. The topological polar surface area (TPSA) is 38.3 Å². The third-order valence-electron chi connectivity index (χ3n) is 1.06. The van der Waals surface area contributed by atoms with Crippen molar-refractivity contribution in [3.05, 3.63) is 0 Å². The molecule has 0 heterocycles. The average Bonchev–Trinajstić information content (AvgIpc) is 1.98. The van der Waals surface area contributed by atoms with E-state index in [4.69, 9.17) is 16.3 Å². The second kappa shape index (κ2) is 6.99. The van der Waals surface area contributed by atoms with Gasteiger partial charge in [0.05, 0.1) is 0 Å². The highest BCUT2D eigenvalue weighted by molar-refractivity contribution is 6.18. The molecule has 4 heteroatoms. The number of hydrogen-bond donors (Lipinski definition) is 1. The normalized spacial score (nSPS) is 13.0. The van der Waals surface area contributed by atoms with Crippen LogP contribution in [0.1, 0.15) is 6.42 Å². The van der Waals surface area contributed by atoms with Crippen LogP contribution in [0.25, 0.3) is 0 Å². The molecule has 0 aliphatic carbocycles. The minimum absolute atomic E-state index is 0.184. The minimum atomic E-state index is -0.184. The van der Waals surface area contributed by atoms with Gasteiger partial charge in [-0.25, -0.2) is 0 Å². The number of carbonyl (C=O) groups excluding carboxylic acids is 1. The van der Waals surface area contributed by atoms with Crippen molar-refractivity contribution >= 4 is 17.9 Å². The van der Waals surface area contributed by atoms with E-state index in [9.17, 15) is 4.79 Å². The molecule has 0 aromatic rings. The summed E-state index contributed by atoms with van der Waals surface area (Å²) in [5, 5.41) is 2.93. The van der Waals surface area contributed by atoms with Gasteiger partial charge >= 0.3 is 0 Å². The van der Waals surface area contributed by atoms with E-state index in [2.05, 4.69) is 5.32 Å². The lowest BCUT2D eigenvalue weighted by molar-refractivity contribution is -0.110. The minimum Gasteiger partial charge on any atom is -0.366 e. The molecule has 0 amide bonds. The second-order valence-electron chi connectivity index (χ2n) is 1.77. The van der Waals surface area contributed by atoms with Crippen molar-refractivity contribution in [2.24, 2.45) is 0 Å². The van der Waals surface area contributed by atoms with Gasteiger partial charge in [-0.3, -0.25) is 5.32 Å². The predicted octanol–water partition coefficient (Wildman–Crippen LogP) is 0.376. The van der Waals surface area contributed by atoms with Crippen molar-refractivity contribution < 1.29 is 9.53 Å². The summed E-state index contributed by atoms with van der Waals surface area (Å²) in [4.78, 5) is 9.98. The van der Waals surface area contributed by atoms with Crippen LogP contribution in [0.2, 0.25) is 0 Å².